The van der Waals surface area contributed by atoms with Gasteiger partial charge >= 0.3 is 0 Å². The smallest absolute Gasteiger partial charge is 0.229 e. The van der Waals surface area contributed by atoms with Crippen LogP contribution in [0.1, 0.15) is 69.8 Å². The third-order valence-electron chi connectivity index (χ3n) is 6.35. The van der Waals surface area contributed by atoms with E-state index in [-0.39, 0.29) is 23.3 Å². The van der Waals surface area contributed by atoms with Crippen molar-refractivity contribution in [2.24, 2.45) is 11.8 Å². The molecule has 0 spiro atoms. The number of nitrogens with one attached hydrogen (secondary N) is 3. The molecule has 1 aliphatic heterocycles. The second-order valence-electron chi connectivity index (χ2n) is 8.91. The summed E-state index contributed by atoms with van der Waals surface area (Å²) in [5.41, 5.74) is 8.29. The average molecular weight is 400 g/mol. The fourth-order valence-electron chi connectivity index (χ4n) is 4.02. The molecule has 1 heterocycles. The van der Waals surface area contributed by atoms with Crippen molar-refractivity contribution < 1.29 is 14.3 Å². The Kier molecular flexibility index (Phi) is 6.50. The predicted octanol–water partition coefficient (Wildman–Crippen LogP) is 3.17. The Labute approximate surface area is 173 Å². The molecular weight excluding hydrogens is 366 g/mol. The SMILES string of the molecule is O=C1CCC(CCCCCNNC2(c3cccc(OCC4CC4)c3)CC2)C(=O)N1. The first-order valence-corrected chi connectivity index (χ1v) is 11.2. The van der Waals surface area contributed by atoms with Gasteiger partial charge in [0, 0.05) is 18.9 Å². The molecule has 1 saturated heterocycles. The second kappa shape index (κ2) is 9.26. The van der Waals surface area contributed by atoms with Gasteiger partial charge in [-0.05, 0) is 68.6 Å². The zero-order valence-corrected chi connectivity index (χ0v) is 17.2. The maximum absolute atomic E-state index is 11.8. The average Bonchev–Trinajstić information content (AvgIpc) is 3.63. The minimum Gasteiger partial charge on any atom is -0.493 e. The lowest BCUT2D eigenvalue weighted by atomic mass is 9.92. The van der Waals surface area contributed by atoms with Crippen LogP contribution in [-0.4, -0.2) is 25.0 Å². The van der Waals surface area contributed by atoms with Crippen molar-refractivity contribution in [1.29, 1.82) is 0 Å². The summed E-state index contributed by atoms with van der Waals surface area (Å²) in [6.07, 6.45) is 10.1. The summed E-state index contributed by atoms with van der Waals surface area (Å²) in [6, 6.07) is 8.52. The highest BCUT2D eigenvalue weighted by atomic mass is 16.5. The van der Waals surface area contributed by atoms with Crippen LogP contribution in [0.4, 0.5) is 0 Å². The van der Waals surface area contributed by atoms with Gasteiger partial charge in [-0.2, -0.15) is 0 Å². The molecule has 6 nitrogen and oxygen atoms in total. The largest absolute Gasteiger partial charge is 0.493 e. The molecule has 1 aromatic rings. The third-order valence-corrected chi connectivity index (χ3v) is 6.35. The van der Waals surface area contributed by atoms with Crippen molar-refractivity contribution in [3.8, 4) is 5.75 Å². The van der Waals surface area contributed by atoms with Gasteiger partial charge in [-0.25, -0.2) is 5.43 Å². The molecular formula is C23H33N3O3. The molecule has 4 rings (SSSR count). The maximum atomic E-state index is 11.8. The van der Waals surface area contributed by atoms with E-state index in [1.54, 1.807) is 0 Å². The molecule has 29 heavy (non-hydrogen) atoms. The van der Waals surface area contributed by atoms with Crippen molar-refractivity contribution in [3.05, 3.63) is 29.8 Å². The Morgan fingerprint density at radius 3 is 2.72 bits per heavy atom. The molecule has 1 aromatic carbocycles. The lowest BCUT2D eigenvalue weighted by Crippen LogP contribution is -2.41. The molecule has 3 aliphatic rings. The molecule has 0 radical (unpaired) electrons. The quantitative estimate of drug-likeness (QED) is 0.286. The van der Waals surface area contributed by atoms with Gasteiger partial charge in [0.2, 0.25) is 11.8 Å². The molecule has 0 bridgehead atoms. The number of carbonyl (C=O) groups excluding carboxylic acids is 2. The number of imide groups is 1. The number of hydrogen-bond acceptors (Lipinski definition) is 5. The maximum Gasteiger partial charge on any atom is 0.229 e. The van der Waals surface area contributed by atoms with Crippen LogP contribution in [0.2, 0.25) is 0 Å². The zero-order valence-electron chi connectivity index (χ0n) is 17.2. The lowest BCUT2D eigenvalue weighted by Gasteiger charge is -2.21. The number of piperidine rings is 1. The molecule has 2 aliphatic carbocycles. The van der Waals surface area contributed by atoms with Gasteiger partial charge in [0.1, 0.15) is 5.75 Å². The fraction of sp³-hybridized carbons (Fsp3) is 0.652. The van der Waals surface area contributed by atoms with Crippen molar-refractivity contribution in [2.75, 3.05) is 13.2 Å². The van der Waals surface area contributed by atoms with Crippen LogP contribution < -0.4 is 20.9 Å². The van der Waals surface area contributed by atoms with Gasteiger partial charge in [-0.1, -0.05) is 25.0 Å². The van der Waals surface area contributed by atoms with Gasteiger partial charge in [-0.3, -0.25) is 20.3 Å². The molecule has 158 valence electrons. The van der Waals surface area contributed by atoms with Crippen LogP contribution >= 0.6 is 0 Å². The van der Waals surface area contributed by atoms with Crippen LogP contribution in [0.3, 0.4) is 0 Å². The number of carbonyl (C=O) groups is 2. The highest BCUT2D eigenvalue weighted by molar-refractivity contribution is 5.98. The lowest BCUT2D eigenvalue weighted by molar-refractivity contribution is -0.136. The van der Waals surface area contributed by atoms with Gasteiger partial charge < -0.3 is 4.74 Å². The van der Waals surface area contributed by atoms with E-state index in [4.69, 9.17) is 4.74 Å². The Morgan fingerprint density at radius 2 is 1.97 bits per heavy atom. The number of hydrogen-bond donors (Lipinski definition) is 3. The van der Waals surface area contributed by atoms with E-state index in [1.807, 2.05) is 0 Å². The molecule has 1 atom stereocenters. The molecule has 2 saturated carbocycles. The Balaban J connectivity index is 1.11. The zero-order chi connectivity index (χ0) is 20.1. The third kappa shape index (κ3) is 5.80. The summed E-state index contributed by atoms with van der Waals surface area (Å²) in [6.45, 7) is 1.76. The van der Waals surface area contributed by atoms with Crippen LogP contribution in [0.5, 0.6) is 5.75 Å². The predicted molar refractivity (Wildman–Crippen MR) is 111 cm³/mol. The standard InChI is InChI=1S/C23H33N3O3/c27-21-11-10-18(22(28)25-21)5-2-1-3-14-24-26-23(12-13-23)19-6-4-7-20(15-19)29-16-17-8-9-17/h4,6-7,15,17-18,24,26H,1-3,5,8-14,16H2,(H,25,27,28). The van der Waals surface area contributed by atoms with E-state index < -0.39 is 0 Å². The first kappa shape index (κ1) is 20.4. The van der Waals surface area contributed by atoms with Gasteiger partial charge in [0.25, 0.3) is 0 Å². The minimum atomic E-state index is -0.129. The topological polar surface area (TPSA) is 79.5 Å². The normalized spacial score (nSPS) is 23.0. The van der Waals surface area contributed by atoms with Gasteiger partial charge in [-0.15, -0.1) is 0 Å². The summed E-state index contributed by atoms with van der Waals surface area (Å²) < 4.78 is 5.93. The van der Waals surface area contributed by atoms with Gasteiger partial charge in [0.05, 0.1) is 12.1 Å². The van der Waals surface area contributed by atoms with Gasteiger partial charge in [0.15, 0.2) is 0 Å². The van der Waals surface area contributed by atoms with E-state index in [0.717, 1.165) is 63.3 Å². The van der Waals surface area contributed by atoms with Crippen LogP contribution in [0.25, 0.3) is 0 Å². The molecule has 3 fully saturated rings. The number of amides is 2. The second-order valence-corrected chi connectivity index (χ2v) is 8.91. The molecule has 2 amide bonds. The van der Waals surface area contributed by atoms with Crippen molar-refractivity contribution >= 4 is 11.8 Å². The summed E-state index contributed by atoms with van der Waals surface area (Å²) in [5, 5.41) is 2.44. The van der Waals surface area contributed by atoms with E-state index in [0.29, 0.717) is 12.8 Å². The van der Waals surface area contributed by atoms with E-state index in [2.05, 4.69) is 40.4 Å². The monoisotopic (exact) mass is 399 g/mol. The molecule has 3 N–H and O–H groups in total. The van der Waals surface area contributed by atoms with Crippen LogP contribution in [0.15, 0.2) is 24.3 Å². The number of unbranched alkanes of at least 4 members (excludes halogenated alkanes) is 2. The van der Waals surface area contributed by atoms with E-state index in [1.165, 1.54) is 18.4 Å². The van der Waals surface area contributed by atoms with E-state index in [9.17, 15) is 9.59 Å². The summed E-state index contributed by atoms with van der Waals surface area (Å²) in [7, 11) is 0. The Morgan fingerprint density at radius 1 is 1.10 bits per heavy atom. The van der Waals surface area contributed by atoms with Crippen molar-refractivity contribution in [1.82, 2.24) is 16.2 Å². The van der Waals surface area contributed by atoms with Crippen molar-refractivity contribution in [3.63, 3.8) is 0 Å². The Hall–Kier alpha value is -1.92. The molecule has 6 heteroatoms. The number of rotatable bonds is 12. The number of ether oxygens (including phenoxy) is 1. The van der Waals surface area contributed by atoms with E-state index >= 15 is 0 Å². The first-order chi connectivity index (χ1) is 14.1. The summed E-state index contributed by atoms with van der Waals surface area (Å²) in [5.74, 6) is 1.55. The van der Waals surface area contributed by atoms with Crippen molar-refractivity contribution in [2.45, 2.75) is 69.7 Å². The number of hydrazine groups is 1. The minimum absolute atomic E-state index is 0.0166. The summed E-state index contributed by atoms with van der Waals surface area (Å²) in [4.78, 5) is 22.9. The molecule has 1 unspecified atom stereocenters. The van der Waals surface area contributed by atoms with Crippen LogP contribution in [0, 0.1) is 11.8 Å². The highest BCUT2D eigenvalue weighted by Gasteiger charge is 2.44. The fourth-order valence-corrected chi connectivity index (χ4v) is 4.02. The molecule has 0 aromatic heterocycles. The van der Waals surface area contributed by atoms with Crippen LogP contribution in [-0.2, 0) is 15.1 Å². The highest BCUT2D eigenvalue weighted by Crippen LogP contribution is 2.45. The summed E-state index contributed by atoms with van der Waals surface area (Å²) >= 11 is 0. The first-order valence-electron chi connectivity index (χ1n) is 11.2. The Bertz CT molecular complexity index is 728. The number of benzene rings is 1.